The van der Waals surface area contributed by atoms with Gasteiger partial charge in [0.05, 0.1) is 52.7 Å². The van der Waals surface area contributed by atoms with Gasteiger partial charge in [0, 0.05) is 18.5 Å². The Morgan fingerprint density at radius 1 is 0.923 bits per heavy atom. The lowest BCUT2D eigenvalue weighted by atomic mass is 9.72. The number of nitrogens with zero attached hydrogens (tertiary/aromatic N) is 1. The molecule has 26 heavy (non-hydrogen) atoms. The molecule has 148 valence electrons. The van der Waals surface area contributed by atoms with E-state index >= 15 is 0 Å². The smallest absolute Gasteiger partial charge is 0.224 e. The first-order chi connectivity index (χ1) is 12.8. The molecule has 1 N–H and O–H groups in total. The Balaban J connectivity index is 1.33. The van der Waals surface area contributed by atoms with Crippen LogP contribution in [0, 0.1) is 17.8 Å². The Hall–Kier alpha value is -1.17. The normalized spacial score (nSPS) is 18.5. The number of amides is 1. The van der Waals surface area contributed by atoms with E-state index in [-0.39, 0.29) is 5.91 Å². The summed E-state index contributed by atoms with van der Waals surface area (Å²) < 4.78 is 21.3. The predicted octanol–water partition coefficient (Wildman–Crippen LogP) is 0.288. The predicted molar refractivity (Wildman–Crippen MR) is 97.8 cm³/mol. The number of rotatable bonds is 13. The third-order valence-electron chi connectivity index (χ3n) is 4.83. The molecule has 2 saturated heterocycles. The van der Waals surface area contributed by atoms with Gasteiger partial charge in [0.1, 0.15) is 6.61 Å². The van der Waals surface area contributed by atoms with Crippen LogP contribution in [0.25, 0.3) is 0 Å². The fourth-order valence-corrected chi connectivity index (χ4v) is 3.32. The zero-order valence-electron chi connectivity index (χ0n) is 15.7. The first kappa shape index (κ1) is 21.1. The van der Waals surface area contributed by atoms with Gasteiger partial charge in [-0.3, -0.25) is 4.79 Å². The summed E-state index contributed by atoms with van der Waals surface area (Å²) in [5.74, 6) is 2.60. The average molecular weight is 368 g/mol. The second kappa shape index (κ2) is 12.3. The Morgan fingerprint density at radius 3 is 2.04 bits per heavy atom. The molecule has 2 fully saturated rings. The SMILES string of the molecule is C#CCOCCOCCOCCOCCC(=O)N1CC2(CCNCC2)C1. The molecule has 0 atom stereocenters. The number of ether oxygens (including phenoxy) is 4. The van der Waals surface area contributed by atoms with Crippen molar-refractivity contribution in [3.05, 3.63) is 0 Å². The highest BCUT2D eigenvalue weighted by atomic mass is 16.6. The van der Waals surface area contributed by atoms with Gasteiger partial charge < -0.3 is 29.2 Å². The number of carbonyl (C=O) groups excluding carboxylic acids is 1. The van der Waals surface area contributed by atoms with Crippen molar-refractivity contribution in [1.82, 2.24) is 10.2 Å². The topological polar surface area (TPSA) is 69.3 Å². The van der Waals surface area contributed by atoms with Gasteiger partial charge in [-0.05, 0) is 25.9 Å². The first-order valence-corrected chi connectivity index (χ1v) is 9.49. The van der Waals surface area contributed by atoms with Crippen LogP contribution in [0.15, 0.2) is 0 Å². The summed E-state index contributed by atoms with van der Waals surface area (Å²) in [7, 11) is 0. The van der Waals surface area contributed by atoms with E-state index in [1.54, 1.807) is 0 Å². The van der Waals surface area contributed by atoms with Crippen molar-refractivity contribution in [2.45, 2.75) is 19.3 Å². The van der Waals surface area contributed by atoms with E-state index < -0.39 is 0 Å². The van der Waals surface area contributed by atoms with Crippen molar-refractivity contribution < 1.29 is 23.7 Å². The molecule has 1 amide bonds. The van der Waals surface area contributed by atoms with E-state index in [2.05, 4.69) is 11.2 Å². The summed E-state index contributed by atoms with van der Waals surface area (Å²) in [5, 5.41) is 3.38. The Bertz CT molecular complexity index is 438. The van der Waals surface area contributed by atoms with Crippen molar-refractivity contribution in [2.24, 2.45) is 5.41 Å². The highest BCUT2D eigenvalue weighted by molar-refractivity contribution is 5.77. The van der Waals surface area contributed by atoms with Gasteiger partial charge in [-0.1, -0.05) is 5.92 Å². The molecule has 0 bridgehead atoms. The van der Waals surface area contributed by atoms with Gasteiger partial charge in [0.15, 0.2) is 0 Å². The molecule has 0 unspecified atom stereocenters. The zero-order chi connectivity index (χ0) is 18.5. The fraction of sp³-hybridized carbons (Fsp3) is 0.842. The summed E-state index contributed by atoms with van der Waals surface area (Å²) in [5.41, 5.74) is 0.394. The summed E-state index contributed by atoms with van der Waals surface area (Å²) in [4.78, 5) is 14.1. The summed E-state index contributed by atoms with van der Waals surface area (Å²) >= 11 is 0. The number of nitrogens with one attached hydrogen (secondary N) is 1. The van der Waals surface area contributed by atoms with Gasteiger partial charge in [0.2, 0.25) is 5.91 Å². The molecule has 7 heteroatoms. The lowest BCUT2D eigenvalue weighted by Crippen LogP contribution is -2.61. The molecule has 0 radical (unpaired) electrons. The van der Waals surface area contributed by atoms with Crippen LogP contribution in [0.3, 0.4) is 0 Å². The number of hydrogen-bond acceptors (Lipinski definition) is 6. The van der Waals surface area contributed by atoms with Gasteiger partial charge in [0.25, 0.3) is 0 Å². The molecule has 0 aromatic rings. The second-order valence-electron chi connectivity index (χ2n) is 6.84. The number of hydrogen-bond donors (Lipinski definition) is 1. The van der Waals surface area contributed by atoms with Crippen LogP contribution in [-0.2, 0) is 23.7 Å². The molecule has 0 aliphatic carbocycles. The molecular formula is C19H32N2O5. The first-order valence-electron chi connectivity index (χ1n) is 9.49. The summed E-state index contributed by atoms with van der Waals surface area (Å²) in [6, 6.07) is 0. The molecule has 2 aliphatic heterocycles. The van der Waals surface area contributed by atoms with Crippen LogP contribution in [0.5, 0.6) is 0 Å². The van der Waals surface area contributed by atoms with Gasteiger partial charge >= 0.3 is 0 Å². The molecule has 0 saturated carbocycles. The standard InChI is InChI=1S/C19H32N2O5/c1-2-8-23-10-12-25-14-15-26-13-11-24-9-3-18(22)21-16-19(17-21)4-6-20-7-5-19/h1,20H,3-17H2. The molecule has 7 nitrogen and oxygen atoms in total. The van der Waals surface area contributed by atoms with E-state index in [1.165, 1.54) is 12.8 Å². The van der Waals surface area contributed by atoms with Crippen molar-refractivity contribution in [1.29, 1.82) is 0 Å². The Kier molecular flexibility index (Phi) is 9.96. The summed E-state index contributed by atoms with van der Waals surface area (Å²) in [6.45, 7) is 7.81. The van der Waals surface area contributed by atoms with Gasteiger partial charge in [-0.2, -0.15) is 0 Å². The lowest BCUT2D eigenvalue weighted by molar-refractivity contribution is -0.146. The van der Waals surface area contributed by atoms with E-state index in [0.717, 1.165) is 26.2 Å². The molecule has 2 aliphatic rings. The maximum Gasteiger partial charge on any atom is 0.224 e. The van der Waals surface area contributed by atoms with E-state index in [9.17, 15) is 4.79 Å². The van der Waals surface area contributed by atoms with Gasteiger partial charge in [-0.15, -0.1) is 6.42 Å². The van der Waals surface area contributed by atoms with Gasteiger partial charge in [-0.25, -0.2) is 0 Å². The highest BCUT2D eigenvalue weighted by Gasteiger charge is 2.44. The number of carbonyl (C=O) groups is 1. The number of piperidine rings is 1. The monoisotopic (exact) mass is 368 g/mol. The van der Waals surface area contributed by atoms with Crippen LogP contribution in [0.1, 0.15) is 19.3 Å². The molecule has 0 aromatic carbocycles. The van der Waals surface area contributed by atoms with Crippen LogP contribution >= 0.6 is 0 Å². The van der Waals surface area contributed by atoms with E-state index in [1.807, 2.05) is 4.90 Å². The quantitative estimate of drug-likeness (QED) is 0.372. The largest absolute Gasteiger partial charge is 0.379 e. The van der Waals surface area contributed by atoms with E-state index in [0.29, 0.717) is 64.7 Å². The molecule has 0 aromatic heterocycles. The van der Waals surface area contributed by atoms with Crippen molar-refractivity contribution in [3.8, 4) is 12.3 Å². The number of terminal acetylenes is 1. The van der Waals surface area contributed by atoms with Crippen LogP contribution in [-0.4, -0.2) is 89.8 Å². The Morgan fingerprint density at radius 2 is 1.46 bits per heavy atom. The lowest BCUT2D eigenvalue weighted by Gasteiger charge is -2.52. The third kappa shape index (κ3) is 7.60. The molecule has 2 heterocycles. The molecule has 2 rings (SSSR count). The van der Waals surface area contributed by atoms with Crippen molar-refractivity contribution in [2.75, 3.05) is 79.0 Å². The maximum atomic E-state index is 12.1. The maximum absolute atomic E-state index is 12.1. The fourth-order valence-electron chi connectivity index (χ4n) is 3.32. The minimum atomic E-state index is 0.204. The highest BCUT2D eigenvalue weighted by Crippen LogP contribution is 2.38. The van der Waals surface area contributed by atoms with Crippen LogP contribution in [0.4, 0.5) is 0 Å². The Labute approximate surface area is 156 Å². The second-order valence-corrected chi connectivity index (χ2v) is 6.84. The van der Waals surface area contributed by atoms with Crippen molar-refractivity contribution in [3.63, 3.8) is 0 Å². The van der Waals surface area contributed by atoms with Crippen LogP contribution in [0.2, 0.25) is 0 Å². The minimum absolute atomic E-state index is 0.204. The van der Waals surface area contributed by atoms with Crippen molar-refractivity contribution >= 4 is 5.91 Å². The average Bonchev–Trinajstić information content (AvgIpc) is 2.64. The zero-order valence-corrected chi connectivity index (χ0v) is 15.7. The summed E-state index contributed by atoms with van der Waals surface area (Å²) in [6.07, 6.45) is 7.89. The van der Waals surface area contributed by atoms with E-state index in [4.69, 9.17) is 25.4 Å². The molecule has 1 spiro atoms. The van der Waals surface area contributed by atoms with Crippen LogP contribution < -0.4 is 5.32 Å². The number of likely N-dealkylation sites (tertiary alicyclic amines) is 1. The minimum Gasteiger partial charge on any atom is -0.379 e. The molecular weight excluding hydrogens is 336 g/mol. The third-order valence-corrected chi connectivity index (χ3v) is 4.83.